The Morgan fingerprint density at radius 2 is 2.13 bits per heavy atom. The maximum absolute atomic E-state index is 11.8. The van der Waals surface area contributed by atoms with Crippen LogP contribution in [0.3, 0.4) is 0 Å². The highest BCUT2D eigenvalue weighted by Gasteiger charge is 2.24. The molecule has 15 heavy (non-hydrogen) atoms. The van der Waals surface area contributed by atoms with Crippen molar-refractivity contribution in [3.63, 3.8) is 0 Å². The first-order valence-electron chi connectivity index (χ1n) is 4.85. The molecule has 0 spiro atoms. The van der Waals surface area contributed by atoms with Crippen LogP contribution in [-0.4, -0.2) is 11.8 Å². The Morgan fingerprint density at radius 3 is 2.53 bits per heavy atom. The Hall–Kier alpha value is -0.380. The van der Waals surface area contributed by atoms with E-state index in [4.69, 9.17) is 17.3 Å². The molecule has 1 aromatic rings. The topological polar surface area (TPSA) is 43.1 Å². The minimum Gasteiger partial charge on any atom is -0.327 e. The number of carbonyl (C=O) groups excluding carboxylic acids is 1. The molecule has 0 fully saturated rings. The molecule has 0 saturated carbocycles. The highest BCUT2D eigenvalue weighted by molar-refractivity contribution is 7.18. The number of thiophene rings is 1. The van der Waals surface area contributed by atoms with E-state index in [1.165, 1.54) is 11.3 Å². The van der Waals surface area contributed by atoms with Gasteiger partial charge in [-0.3, -0.25) is 4.79 Å². The molecule has 1 aromatic heterocycles. The van der Waals surface area contributed by atoms with Gasteiger partial charge in [0.05, 0.1) is 9.21 Å². The van der Waals surface area contributed by atoms with Crippen LogP contribution in [-0.2, 0) is 0 Å². The van der Waals surface area contributed by atoms with Crippen LogP contribution in [0.4, 0.5) is 0 Å². The molecule has 0 bridgehead atoms. The summed E-state index contributed by atoms with van der Waals surface area (Å²) in [5.41, 5.74) is 5.90. The van der Waals surface area contributed by atoms with Crippen LogP contribution in [0.15, 0.2) is 12.1 Å². The molecule has 2 nitrogen and oxygen atoms in total. The molecular formula is C11H16ClNOS. The standard InChI is InChI=1S/C11H16ClNOS/c1-11(2,3)9(13)6-7(14)8-4-5-10(12)15-8/h4-5,9H,6,13H2,1-3H3. The Labute approximate surface area is 99.4 Å². The van der Waals surface area contributed by atoms with Gasteiger partial charge < -0.3 is 5.73 Å². The molecule has 1 heterocycles. The van der Waals surface area contributed by atoms with E-state index in [1.54, 1.807) is 12.1 Å². The SMILES string of the molecule is CC(C)(C)C(N)CC(=O)c1ccc(Cl)s1. The van der Waals surface area contributed by atoms with Crippen molar-refractivity contribution in [1.29, 1.82) is 0 Å². The molecule has 2 N–H and O–H groups in total. The average Bonchev–Trinajstić information content (AvgIpc) is 2.50. The zero-order valence-electron chi connectivity index (χ0n) is 9.21. The lowest BCUT2D eigenvalue weighted by Gasteiger charge is -2.26. The van der Waals surface area contributed by atoms with Crippen LogP contribution in [0.2, 0.25) is 4.34 Å². The van der Waals surface area contributed by atoms with E-state index in [9.17, 15) is 4.79 Å². The van der Waals surface area contributed by atoms with Crippen LogP contribution >= 0.6 is 22.9 Å². The van der Waals surface area contributed by atoms with E-state index in [-0.39, 0.29) is 17.2 Å². The van der Waals surface area contributed by atoms with Gasteiger partial charge in [0.1, 0.15) is 0 Å². The Balaban J connectivity index is 2.64. The second-order valence-electron chi connectivity index (χ2n) is 4.70. The van der Waals surface area contributed by atoms with Crippen LogP contribution in [0.25, 0.3) is 0 Å². The molecule has 84 valence electrons. The summed E-state index contributed by atoms with van der Waals surface area (Å²) < 4.78 is 0.641. The van der Waals surface area contributed by atoms with E-state index in [0.717, 1.165) is 0 Å². The first-order valence-corrected chi connectivity index (χ1v) is 6.04. The van der Waals surface area contributed by atoms with Crippen LogP contribution in [0, 0.1) is 5.41 Å². The van der Waals surface area contributed by atoms with E-state index in [2.05, 4.69) is 0 Å². The van der Waals surface area contributed by atoms with Crippen LogP contribution in [0.5, 0.6) is 0 Å². The molecule has 0 radical (unpaired) electrons. The Bertz CT molecular complexity index is 354. The predicted octanol–water partition coefficient (Wildman–Crippen LogP) is 3.35. The van der Waals surface area contributed by atoms with E-state index >= 15 is 0 Å². The number of hydrogen-bond donors (Lipinski definition) is 1. The highest BCUT2D eigenvalue weighted by atomic mass is 35.5. The maximum Gasteiger partial charge on any atom is 0.174 e. The van der Waals surface area contributed by atoms with Gasteiger partial charge in [-0.1, -0.05) is 32.4 Å². The molecule has 0 saturated heterocycles. The van der Waals surface area contributed by atoms with Gasteiger partial charge in [-0.2, -0.15) is 0 Å². The molecule has 0 amide bonds. The summed E-state index contributed by atoms with van der Waals surface area (Å²) in [4.78, 5) is 12.5. The lowest BCUT2D eigenvalue weighted by molar-refractivity contribution is 0.0957. The second kappa shape index (κ2) is 4.64. The van der Waals surface area contributed by atoms with Gasteiger partial charge in [0, 0.05) is 12.5 Å². The fraction of sp³-hybridized carbons (Fsp3) is 0.545. The largest absolute Gasteiger partial charge is 0.327 e. The molecule has 4 heteroatoms. The Morgan fingerprint density at radius 1 is 1.53 bits per heavy atom. The molecule has 0 aliphatic carbocycles. The van der Waals surface area contributed by atoms with Crippen molar-refractivity contribution in [2.75, 3.05) is 0 Å². The molecule has 0 aromatic carbocycles. The predicted molar refractivity (Wildman–Crippen MR) is 65.7 cm³/mol. The lowest BCUT2D eigenvalue weighted by Crippen LogP contribution is -2.36. The van der Waals surface area contributed by atoms with Gasteiger partial charge in [-0.05, 0) is 17.5 Å². The molecule has 1 rings (SSSR count). The summed E-state index contributed by atoms with van der Waals surface area (Å²) in [6.45, 7) is 6.10. The van der Waals surface area contributed by atoms with Crippen molar-refractivity contribution in [2.45, 2.75) is 33.2 Å². The van der Waals surface area contributed by atoms with Crippen molar-refractivity contribution in [2.24, 2.45) is 11.1 Å². The lowest BCUT2D eigenvalue weighted by atomic mass is 9.84. The molecule has 0 aliphatic heterocycles. The Kier molecular flexibility index (Phi) is 3.93. The minimum atomic E-state index is -0.120. The smallest absolute Gasteiger partial charge is 0.174 e. The van der Waals surface area contributed by atoms with E-state index < -0.39 is 0 Å². The summed E-state index contributed by atoms with van der Waals surface area (Å²) >= 11 is 7.07. The third-order valence-electron chi connectivity index (χ3n) is 2.37. The van der Waals surface area contributed by atoms with Gasteiger partial charge in [0.15, 0.2) is 5.78 Å². The number of rotatable bonds is 3. The molecule has 0 aliphatic rings. The average molecular weight is 246 g/mol. The first kappa shape index (κ1) is 12.7. The number of nitrogens with two attached hydrogens (primary N) is 1. The van der Waals surface area contributed by atoms with Gasteiger partial charge in [0.25, 0.3) is 0 Å². The number of halogens is 1. The summed E-state index contributed by atoms with van der Waals surface area (Å²) in [5.74, 6) is 0.0781. The normalized spacial score (nSPS) is 13.9. The zero-order valence-corrected chi connectivity index (χ0v) is 10.8. The van der Waals surface area contributed by atoms with Crippen molar-refractivity contribution in [3.05, 3.63) is 21.3 Å². The monoisotopic (exact) mass is 245 g/mol. The quantitative estimate of drug-likeness (QED) is 0.830. The molecular weight excluding hydrogens is 230 g/mol. The molecule has 1 atom stereocenters. The van der Waals surface area contributed by atoms with Crippen molar-refractivity contribution >= 4 is 28.7 Å². The third-order valence-corrected chi connectivity index (χ3v) is 3.64. The van der Waals surface area contributed by atoms with E-state index in [1.807, 2.05) is 20.8 Å². The van der Waals surface area contributed by atoms with Gasteiger partial charge in [0.2, 0.25) is 0 Å². The first-order chi connectivity index (χ1) is 6.80. The van der Waals surface area contributed by atoms with Gasteiger partial charge >= 0.3 is 0 Å². The third kappa shape index (κ3) is 3.59. The summed E-state index contributed by atoms with van der Waals surface area (Å²) in [7, 11) is 0. The fourth-order valence-electron chi connectivity index (χ4n) is 1.07. The second-order valence-corrected chi connectivity index (χ2v) is 6.42. The number of hydrogen-bond acceptors (Lipinski definition) is 3. The van der Waals surface area contributed by atoms with E-state index in [0.29, 0.717) is 15.6 Å². The summed E-state index contributed by atoms with van der Waals surface area (Å²) in [5, 5.41) is 0. The maximum atomic E-state index is 11.8. The van der Waals surface area contributed by atoms with Crippen LogP contribution in [0.1, 0.15) is 36.9 Å². The zero-order chi connectivity index (χ0) is 11.6. The minimum absolute atomic E-state index is 0.0449. The summed E-state index contributed by atoms with van der Waals surface area (Å²) in [6.07, 6.45) is 0.375. The van der Waals surface area contributed by atoms with Crippen LogP contribution < -0.4 is 5.73 Å². The number of ketones is 1. The highest BCUT2D eigenvalue weighted by Crippen LogP contribution is 2.25. The number of Topliss-reactive ketones (excluding diaryl/α,β-unsaturated/α-hetero) is 1. The van der Waals surface area contributed by atoms with Gasteiger partial charge in [-0.15, -0.1) is 11.3 Å². The number of carbonyl (C=O) groups is 1. The molecule has 1 unspecified atom stereocenters. The van der Waals surface area contributed by atoms with Crippen molar-refractivity contribution < 1.29 is 4.79 Å². The van der Waals surface area contributed by atoms with Crippen molar-refractivity contribution in [3.8, 4) is 0 Å². The van der Waals surface area contributed by atoms with Crippen molar-refractivity contribution in [1.82, 2.24) is 0 Å². The van der Waals surface area contributed by atoms with Gasteiger partial charge in [-0.25, -0.2) is 0 Å². The summed E-state index contributed by atoms with van der Waals surface area (Å²) in [6, 6.07) is 3.37. The fourth-order valence-corrected chi connectivity index (χ4v) is 2.06.